The van der Waals surface area contributed by atoms with Gasteiger partial charge >= 0.3 is 12.1 Å². The van der Waals surface area contributed by atoms with Crippen LogP contribution >= 0.6 is 11.6 Å². The molecule has 8 heteroatoms. The van der Waals surface area contributed by atoms with Crippen LogP contribution in [0, 0.1) is 0 Å². The number of halogens is 4. The number of esters is 1. The lowest BCUT2D eigenvalue weighted by Crippen LogP contribution is -2.28. The van der Waals surface area contributed by atoms with E-state index in [0.29, 0.717) is 10.6 Å². The first-order valence-electron chi connectivity index (χ1n) is 7.77. The molecule has 0 aliphatic carbocycles. The number of rotatable bonds is 6. The minimum absolute atomic E-state index is 0.234. The van der Waals surface area contributed by atoms with Gasteiger partial charge in [-0.1, -0.05) is 35.9 Å². The van der Waals surface area contributed by atoms with Gasteiger partial charge in [0.05, 0.1) is 5.56 Å². The Hall–Kier alpha value is -2.80. The molecule has 1 N–H and O–H groups in total. The first kappa shape index (κ1) is 20.5. The lowest BCUT2D eigenvalue weighted by molar-refractivity contribution is -0.143. The zero-order valence-electron chi connectivity index (χ0n) is 13.9. The summed E-state index contributed by atoms with van der Waals surface area (Å²) in [5, 5.41) is 3.11. The Morgan fingerprint density at radius 1 is 1.11 bits per heavy atom. The van der Waals surface area contributed by atoms with Gasteiger partial charge in [-0.3, -0.25) is 4.79 Å². The topological polar surface area (TPSA) is 55.4 Å². The normalized spacial score (nSPS) is 11.4. The van der Waals surface area contributed by atoms with Crippen molar-refractivity contribution in [1.82, 2.24) is 5.32 Å². The van der Waals surface area contributed by atoms with E-state index in [0.717, 1.165) is 23.8 Å². The second-order valence-electron chi connectivity index (χ2n) is 5.47. The molecule has 27 heavy (non-hydrogen) atoms. The van der Waals surface area contributed by atoms with Crippen LogP contribution in [0.1, 0.15) is 16.7 Å². The first-order chi connectivity index (χ1) is 12.7. The Morgan fingerprint density at radius 2 is 1.81 bits per heavy atom. The summed E-state index contributed by atoms with van der Waals surface area (Å²) in [6, 6.07) is 11.2. The van der Waals surface area contributed by atoms with Crippen LogP contribution in [0.15, 0.2) is 54.6 Å². The van der Waals surface area contributed by atoms with E-state index in [4.69, 9.17) is 16.3 Å². The van der Waals surface area contributed by atoms with Crippen molar-refractivity contribution in [2.24, 2.45) is 0 Å². The van der Waals surface area contributed by atoms with Crippen LogP contribution in [-0.2, 0) is 27.0 Å². The Bertz CT molecular complexity index is 833. The zero-order chi connectivity index (χ0) is 19.9. The molecular formula is C19H15ClF3NO3. The standard InChI is InChI=1S/C19H15ClF3NO3/c20-16-3-1-2-14(10-16)11-24-17(25)12-27-18(26)9-6-13-4-7-15(8-5-13)19(21,22)23/h1-10H,11-12H2,(H,24,25)/b9-6+. The van der Waals surface area contributed by atoms with Gasteiger partial charge in [-0.15, -0.1) is 0 Å². The maximum absolute atomic E-state index is 12.5. The van der Waals surface area contributed by atoms with E-state index in [1.165, 1.54) is 18.2 Å². The van der Waals surface area contributed by atoms with Gasteiger partial charge in [0.2, 0.25) is 0 Å². The van der Waals surface area contributed by atoms with Crippen LogP contribution in [0.25, 0.3) is 6.08 Å². The molecule has 0 aromatic heterocycles. The van der Waals surface area contributed by atoms with Crippen LogP contribution in [0.3, 0.4) is 0 Å². The number of ether oxygens (including phenoxy) is 1. The number of benzene rings is 2. The van der Waals surface area contributed by atoms with E-state index < -0.39 is 30.2 Å². The quantitative estimate of drug-likeness (QED) is 0.586. The molecule has 0 saturated carbocycles. The van der Waals surface area contributed by atoms with Gasteiger partial charge in [0, 0.05) is 17.6 Å². The van der Waals surface area contributed by atoms with Crippen molar-refractivity contribution in [2.75, 3.05) is 6.61 Å². The molecule has 0 spiro atoms. The van der Waals surface area contributed by atoms with Gasteiger partial charge in [0.1, 0.15) is 0 Å². The molecule has 0 bridgehead atoms. The van der Waals surface area contributed by atoms with E-state index >= 15 is 0 Å². The highest BCUT2D eigenvalue weighted by Gasteiger charge is 2.29. The lowest BCUT2D eigenvalue weighted by atomic mass is 10.1. The van der Waals surface area contributed by atoms with Crippen molar-refractivity contribution in [3.8, 4) is 0 Å². The summed E-state index contributed by atoms with van der Waals surface area (Å²) in [7, 11) is 0. The van der Waals surface area contributed by atoms with Crippen LogP contribution in [0.5, 0.6) is 0 Å². The molecule has 2 aromatic carbocycles. The number of hydrogen-bond acceptors (Lipinski definition) is 3. The highest BCUT2D eigenvalue weighted by Crippen LogP contribution is 2.29. The molecule has 0 saturated heterocycles. The number of alkyl halides is 3. The highest BCUT2D eigenvalue weighted by atomic mass is 35.5. The molecule has 0 aliphatic heterocycles. The predicted molar refractivity (Wildman–Crippen MR) is 94.7 cm³/mol. The van der Waals surface area contributed by atoms with Crippen LogP contribution in [-0.4, -0.2) is 18.5 Å². The fraction of sp³-hybridized carbons (Fsp3) is 0.158. The molecule has 142 valence electrons. The molecule has 0 unspecified atom stereocenters. The largest absolute Gasteiger partial charge is 0.452 e. The van der Waals surface area contributed by atoms with Gasteiger partial charge in [0.25, 0.3) is 5.91 Å². The Balaban J connectivity index is 1.76. The average molecular weight is 398 g/mol. The Labute approximate surface area is 158 Å². The lowest BCUT2D eigenvalue weighted by Gasteiger charge is -2.06. The number of carbonyl (C=O) groups is 2. The monoisotopic (exact) mass is 397 g/mol. The van der Waals surface area contributed by atoms with Gasteiger partial charge in [-0.25, -0.2) is 4.79 Å². The van der Waals surface area contributed by atoms with Crippen molar-refractivity contribution >= 4 is 29.6 Å². The third-order valence-electron chi connectivity index (χ3n) is 3.37. The maximum Gasteiger partial charge on any atom is 0.416 e. The molecule has 2 aromatic rings. The zero-order valence-corrected chi connectivity index (χ0v) is 14.7. The van der Waals surface area contributed by atoms with Crippen LogP contribution in [0.2, 0.25) is 5.02 Å². The first-order valence-corrected chi connectivity index (χ1v) is 8.15. The maximum atomic E-state index is 12.5. The van der Waals surface area contributed by atoms with Crippen LogP contribution < -0.4 is 5.32 Å². The van der Waals surface area contributed by atoms with Gasteiger partial charge < -0.3 is 10.1 Å². The average Bonchev–Trinajstić information content (AvgIpc) is 2.62. The number of carbonyl (C=O) groups excluding carboxylic acids is 2. The van der Waals surface area contributed by atoms with Gasteiger partial charge in [0.15, 0.2) is 6.61 Å². The fourth-order valence-corrected chi connectivity index (χ4v) is 2.24. The second-order valence-corrected chi connectivity index (χ2v) is 5.90. The summed E-state index contributed by atoms with van der Waals surface area (Å²) in [4.78, 5) is 23.2. The summed E-state index contributed by atoms with van der Waals surface area (Å²) < 4.78 is 42.2. The van der Waals surface area contributed by atoms with E-state index in [1.54, 1.807) is 24.3 Å². The fourth-order valence-electron chi connectivity index (χ4n) is 2.03. The van der Waals surface area contributed by atoms with E-state index in [1.807, 2.05) is 0 Å². The van der Waals surface area contributed by atoms with Crippen molar-refractivity contribution in [3.05, 3.63) is 76.3 Å². The molecule has 0 radical (unpaired) electrons. The van der Waals surface area contributed by atoms with Crippen molar-refractivity contribution < 1.29 is 27.5 Å². The molecule has 2 rings (SSSR count). The number of nitrogens with one attached hydrogen (secondary N) is 1. The molecule has 0 heterocycles. The molecule has 4 nitrogen and oxygen atoms in total. The number of hydrogen-bond donors (Lipinski definition) is 1. The molecule has 0 fully saturated rings. The minimum atomic E-state index is -4.42. The van der Waals surface area contributed by atoms with E-state index in [2.05, 4.69) is 5.32 Å². The minimum Gasteiger partial charge on any atom is -0.452 e. The summed E-state index contributed by atoms with van der Waals surface area (Å²) in [6.07, 6.45) is -2.08. The smallest absolute Gasteiger partial charge is 0.416 e. The second kappa shape index (κ2) is 9.23. The molecular weight excluding hydrogens is 383 g/mol. The third kappa shape index (κ3) is 7.15. The Morgan fingerprint density at radius 3 is 2.44 bits per heavy atom. The van der Waals surface area contributed by atoms with Crippen molar-refractivity contribution in [3.63, 3.8) is 0 Å². The van der Waals surface area contributed by atoms with Crippen molar-refractivity contribution in [1.29, 1.82) is 0 Å². The van der Waals surface area contributed by atoms with E-state index in [-0.39, 0.29) is 6.54 Å². The molecule has 1 amide bonds. The van der Waals surface area contributed by atoms with Crippen molar-refractivity contribution in [2.45, 2.75) is 12.7 Å². The summed E-state index contributed by atoms with van der Waals surface area (Å²) in [5.74, 6) is -1.28. The van der Waals surface area contributed by atoms with E-state index in [9.17, 15) is 22.8 Å². The number of amides is 1. The summed E-state index contributed by atoms with van der Waals surface area (Å²) in [5.41, 5.74) is 0.410. The van der Waals surface area contributed by atoms with Gasteiger partial charge in [-0.2, -0.15) is 13.2 Å². The molecule has 0 aliphatic rings. The summed E-state index contributed by atoms with van der Waals surface area (Å²) >= 11 is 5.83. The highest BCUT2D eigenvalue weighted by molar-refractivity contribution is 6.30. The van der Waals surface area contributed by atoms with Gasteiger partial charge in [-0.05, 0) is 41.5 Å². The summed E-state index contributed by atoms with van der Waals surface area (Å²) in [6.45, 7) is -0.241. The Kier molecular flexibility index (Phi) is 7.01. The van der Waals surface area contributed by atoms with Crippen LogP contribution in [0.4, 0.5) is 13.2 Å². The molecule has 0 atom stereocenters. The SMILES string of the molecule is O=C(COC(=O)/C=C/c1ccc(C(F)(F)F)cc1)NCc1cccc(Cl)c1. The third-order valence-corrected chi connectivity index (χ3v) is 3.61. The predicted octanol–water partition coefficient (Wildman–Crippen LogP) is 4.23.